The van der Waals surface area contributed by atoms with Crippen LogP contribution in [0.4, 0.5) is 0 Å². The summed E-state index contributed by atoms with van der Waals surface area (Å²) in [5, 5.41) is 3.03. The van der Waals surface area contributed by atoms with Gasteiger partial charge in [0, 0.05) is 32.7 Å². The number of hydrogen-bond donors (Lipinski definition) is 1. The Kier molecular flexibility index (Phi) is 4.50. The maximum absolute atomic E-state index is 11.9. The summed E-state index contributed by atoms with van der Waals surface area (Å²) in [4.78, 5) is 16.3. The summed E-state index contributed by atoms with van der Waals surface area (Å²) in [6.45, 7) is 3.08. The predicted octanol–water partition coefficient (Wildman–Crippen LogP) is 1.97. The van der Waals surface area contributed by atoms with Crippen molar-refractivity contribution in [3.8, 4) is 0 Å². The van der Waals surface area contributed by atoms with E-state index in [0.29, 0.717) is 18.9 Å². The van der Waals surface area contributed by atoms with E-state index in [2.05, 4.69) is 10.3 Å². The number of rotatable bonds is 5. The van der Waals surface area contributed by atoms with Crippen LogP contribution in [0.25, 0.3) is 11.0 Å². The van der Waals surface area contributed by atoms with Crippen molar-refractivity contribution in [3.63, 3.8) is 0 Å². The lowest BCUT2D eigenvalue weighted by molar-refractivity contribution is -0.121. The molecule has 112 valence electrons. The summed E-state index contributed by atoms with van der Waals surface area (Å²) in [5.41, 5.74) is 2.05. The van der Waals surface area contributed by atoms with Gasteiger partial charge in [-0.05, 0) is 30.9 Å². The summed E-state index contributed by atoms with van der Waals surface area (Å²) in [6.07, 6.45) is 4.39. The fourth-order valence-electron chi connectivity index (χ4n) is 2.71. The van der Waals surface area contributed by atoms with Gasteiger partial charge in [-0.2, -0.15) is 0 Å². The highest BCUT2D eigenvalue weighted by Crippen LogP contribution is 2.14. The Morgan fingerprint density at radius 3 is 3.00 bits per heavy atom. The van der Waals surface area contributed by atoms with E-state index in [1.165, 1.54) is 0 Å². The van der Waals surface area contributed by atoms with Gasteiger partial charge in [-0.15, -0.1) is 0 Å². The van der Waals surface area contributed by atoms with Crippen LogP contribution in [0, 0.1) is 5.92 Å². The topological polar surface area (TPSA) is 56.2 Å². The van der Waals surface area contributed by atoms with Gasteiger partial charge in [0.25, 0.3) is 0 Å². The average Bonchev–Trinajstić information content (AvgIpc) is 2.95. The van der Waals surface area contributed by atoms with Gasteiger partial charge in [0.2, 0.25) is 5.91 Å². The quantitative estimate of drug-likeness (QED) is 0.914. The van der Waals surface area contributed by atoms with Gasteiger partial charge < -0.3 is 14.6 Å². The van der Waals surface area contributed by atoms with Crippen molar-refractivity contribution in [3.05, 3.63) is 30.6 Å². The Balaban J connectivity index is 1.47. The van der Waals surface area contributed by atoms with Crippen molar-refractivity contribution >= 4 is 16.9 Å². The van der Waals surface area contributed by atoms with Crippen LogP contribution in [0.2, 0.25) is 0 Å². The third kappa shape index (κ3) is 3.61. The third-order valence-corrected chi connectivity index (χ3v) is 4.04. The van der Waals surface area contributed by atoms with Crippen LogP contribution < -0.4 is 5.32 Å². The number of fused-ring (bicyclic) bond motifs is 1. The van der Waals surface area contributed by atoms with Gasteiger partial charge in [-0.25, -0.2) is 4.98 Å². The fourth-order valence-corrected chi connectivity index (χ4v) is 2.71. The summed E-state index contributed by atoms with van der Waals surface area (Å²) >= 11 is 0. The Labute approximate surface area is 124 Å². The van der Waals surface area contributed by atoms with Gasteiger partial charge in [0.05, 0.1) is 17.4 Å². The molecule has 3 rings (SSSR count). The molecule has 1 amide bonds. The van der Waals surface area contributed by atoms with E-state index in [1.807, 2.05) is 28.8 Å². The average molecular weight is 287 g/mol. The molecule has 0 radical (unpaired) electrons. The zero-order chi connectivity index (χ0) is 14.5. The Morgan fingerprint density at radius 1 is 1.33 bits per heavy atom. The molecular formula is C16H21N3O2. The Morgan fingerprint density at radius 2 is 2.14 bits per heavy atom. The molecule has 21 heavy (non-hydrogen) atoms. The zero-order valence-corrected chi connectivity index (χ0v) is 12.1. The number of aryl methyl sites for hydroxylation is 1. The number of amides is 1. The Hall–Kier alpha value is -1.88. The van der Waals surface area contributed by atoms with Gasteiger partial charge in [0.1, 0.15) is 0 Å². The molecule has 1 aromatic heterocycles. The van der Waals surface area contributed by atoms with Gasteiger partial charge >= 0.3 is 0 Å². The Bertz CT molecular complexity index is 602. The van der Waals surface area contributed by atoms with E-state index >= 15 is 0 Å². The standard InChI is InChI=1S/C16H21N3O2/c20-16(17-11-13-6-9-21-10-7-13)5-8-19-12-18-14-3-1-2-4-15(14)19/h1-4,12-13H,5-11H2,(H,17,20). The van der Waals surface area contributed by atoms with Crippen LogP contribution in [0.1, 0.15) is 19.3 Å². The van der Waals surface area contributed by atoms with E-state index in [4.69, 9.17) is 4.74 Å². The van der Waals surface area contributed by atoms with Crippen LogP contribution >= 0.6 is 0 Å². The lowest BCUT2D eigenvalue weighted by Crippen LogP contribution is -2.32. The SMILES string of the molecule is O=C(CCn1cnc2ccccc21)NCC1CCOCC1. The molecule has 5 nitrogen and oxygen atoms in total. The molecule has 1 aliphatic heterocycles. The lowest BCUT2D eigenvalue weighted by atomic mass is 10.0. The van der Waals surface area contributed by atoms with Crippen LogP contribution in [-0.4, -0.2) is 35.2 Å². The van der Waals surface area contributed by atoms with Crippen LogP contribution in [0.15, 0.2) is 30.6 Å². The number of imidazole rings is 1. The maximum atomic E-state index is 11.9. The van der Waals surface area contributed by atoms with E-state index in [1.54, 1.807) is 6.33 Å². The fraction of sp³-hybridized carbons (Fsp3) is 0.500. The van der Waals surface area contributed by atoms with Crippen LogP contribution in [-0.2, 0) is 16.1 Å². The molecule has 0 spiro atoms. The zero-order valence-electron chi connectivity index (χ0n) is 12.1. The molecule has 0 unspecified atom stereocenters. The largest absolute Gasteiger partial charge is 0.381 e. The van der Waals surface area contributed by atoms with Crippen molar-refractivity contribution in [1.29, 1.82) is 0 Å². The first kappa shape index (κ1) is 14.1. The van der Waals surface area contributed by atoms with Crippen LogP contribution in [0.3, 0.4) is 0 Å². The molecule has 1 fully saturated rings. The summed E-state index contributed by atoms with van der Waals surface area (Å²) in [5.74, 6) is 0.677. The summed E-state index contributed by atoms with van der Waals surface area (Å²) < 4.78 is 7.35. The van der Waals surface area contributed by atoms with Crippen molar-refractivity contribution in [2.24, 2.45) is 5.92 Å². The number of nitrogens with one attached hydrogen (secondary N) is 1. The molecule has 2 aromatic rings. The lowest BCUT2D eigenvalue weighted by Gasteiger charge is -2.22. The molecule has 1 aromatic carbocycles. The predicted molar refractivity (Wildman–Crippen MR) is 80.9 cm³/mol. The first-order valence-corrected chi connectivity index (χ1v) is 7.57. The van der Waals surface area contributed by atoms with E-state index < -0.39 is 0 Å². The number of benzene rings is 1. The molecule has 0 aliphatic carbocycles. The molecule has 1 aliphatic rings. The summed E-state index contributed by atoms with van der Waals surface area (Å²) in [6, 6.07) is 7.98. The molecule has 0 saturated carbocycles. The van der Waals surface area contributed by atoms with E-state index in [-0.39, 0.29) is 5.91 Å². The second kappa shape index (κ2) is 6.72. The summed E-state index contributed by atoms with van der Waals surface area (Å²) in [7, 11) is 0. The molecular weight excluding hydrogens is 266 g/mol. The number of nitrogens with zero attached hydrogens (tertiary/aromatic N) is 2. The van der Waals surface area contributed by atoms with Gasteiger partial charge in [0.15, 0.2) is 0 Å². The molecule has 0 bridgehead atoms. The van der Waals surface area contributed by atoms with E-state index in [9.17, 15) is 4.79 Å². The molecule has 1 saturated heterocycles. The first-order chi connectivity index (χ1) is 10.3. The van der Waals surface area contributed by atoms with E-state index in [0.717, 1.165) is 43.6 Å². The molecule has 0 atom stereocenters. The number of carbonyl (C=O) groups is 1. The number of aromatic nitrogens is 2. The molecule has 2 heterocycles. The van der Waals surface area contributed by atoms with Crippen molar-refractivity contribution in [1.82, 2.24) is 14.9 Å². The smallest absolute Gasteiger partial charge is 0.221 e. The number of carbonyl (C=O) groups excluding carboxylic acids is 1. The van der Waals surface area contributed by atoms with Crippen molar-refractivity contribution < 1.29 is 9.53 Å². The highest BCUT2D eigenvalue weighted by molar-refractivity contribution is 5.77. The highest BCUT2D eigenvalue weighted by Gasteiger charge is 2.14. The molecule has 1 N–H and O–H groups in total. The minimum atomic E-state index is 0.110. The second-order valence-corrected chi connectivity index (χ2v) is 5.54. The van der Waals surface area contributed by atoms with Gasteiger partial charge in [-0.3, -0.25) is 4.79 Å². The number of hydrogen-bond acceptors (Lipinski definition) is 3. The monoisotopic (exact) mass is 287 g/mol. The number of para-hydroxylation sites is 2. The van der Waals surface area contributed by atoms with Crippen molar-refractivity contribution in [2.75, 3.05) is 19.8 Å². The minimum absolute atomic E-state index is 0.110. The van der Waals surface area contributed by atoms with Gasteiger partial charge in [-0.1, -0.05) is 12.1 Å². The maximum Gasteiger partial charge on any atom is 0.221 e. The second-order valence-electron chi connectivity index (χ2n) is 5.54. The van der Waals surface area contributed by atoms with Crippen molar-refractivity contribution in [2.45, 2.75) is 25.8 Å². The minimum Gasteiger partial charge on any atom is -0.381 e. The number of ether oxygens (including phenoxy) is 1. The normalized spacial score (nSPS) is 16.2. The third-order valence-electron chi connectivity index (χ3n) is 4.04. The first-order valence-electron chi connectivity index (χ1n) is 7.57. The van der Waals surface area contributed by atoms with Crippen LogP contribution in [0.5, 0.6) is 0 Å². The highest BCUT2D eigenvalue weighted by atomic mass is 16.5. The molecule has 5 heteroatoms.